The van der Waals surface area contributed by atoms with Crippen LogP contribution in [0.25, 0.3) is 6.08 Å². The second-order valence-corrected chi connectivity index (χ2v) is 4.86. The van der Waals surface area contributed by atoms with Gasteiger partial charge in [0, 0.05) is 12.6 Å². The molecule has 0 bridgehead atoms. The maximum absolute atomic E-state index is 11.5. The molecule has 2 rings (SSSR count). The fourth-order valence-electron chi connectivity index (χ4n) is 1.71. The Kier molecular flexibility index (Phi) is 4.87. The van der Waals surface area contributed by atoms with Crippen LogP contribution in [0.5, 0.6) is 11.5 Å². The molecule has 5 nitrogen and oxygen atoms in total. The summed E-state index contributed by atoms with van der Waals surface area (Å²) in [5, 5.41) is 12.1. The van der Waals surface area contributed by atoms with Crippen LogP contribution in [-0.4, -0.2) is 36.9 Å². The van der Waals surface area contributed by atoms with Crippen molar-refractivity contribution in [1.82, 2.24) is 5.32 Å². The number of carbonyl (C=O) groups excluding carboxylic acids is 1. The lowest BCUT2D eigenvalue weighted by molar-refractivity contribution is -0.116. The van der Waals surface area contributed by atoms with E-state index in [1.54, 1.807) is 25.1 Å². The van der Waals surface area contributed by atoms with Gasteiger partial charge in [0.05, 0.1) is 11.1 Å². The Morgan fingerprint density at radius 3 is 3.00 bits per heavy atom. The van der Waals surface area contributed by atoms with Crippen molar-refractivity contribution in [2.75, 3.05) is 19.8 Å². The van der Waals surface area contributed by atoms with Crippen LogP contribution in [0.2, 0.25) is 5.02 Å². The van der Waals surface area contributed by atoms with Gasteiger partial charge in [0.1, 0.15) is 13.2 Å². The Morgan fingerprint density at radius 1 is 1.50 bits per heavy atom. The van der Waals surface area contributed by atoms with Crippen molar-refractivity contribution in [3.8, 4) is 11.5 Å². The number of hydrogen-bond donors (Lipinski definition) is 2. The summed E-state index contributed by atoms with van der Waals surface area (Å²) < 4.78 is 10.9. The second-order valence-electron chi connectivity index (χ2n) is 4.45. The summed E-state index contributed by atoms with van der Waals surface area (Å²) in [6.45, 7) is 2.77. The fourth-order valence-corrected chi connectivity index (χ4v) is 1.98. The number of aliphatic hydroxyl groups excluding tert-OH is 1. The van der Waals surface area contributed by atoms with Gasteiger partial charge < -0.3 is 19.9 Å². The third kappa shape index (κ3) is 3.88. The summed E-state index contributed by atoms with van der Waals surface area (Å²) in [6, 6.07) is 3.46. The Labute approximate surface area is 122 Å². The minimum atomic E-state index is -0.573. The number of amides is 1. The van der Waals surface area contributed by atoms with Crippen LogP contribution in [0.1, 0.15) is 12.5 Å². The lowest BCUT2D eigenvalue weighted by Crippen LogP contribution is -2.28. The molecule has 0 aromatic heterocycles. The fraction of sp³-hybridized carbons (Fsp3) is 0.357. The van der Waals surface area contributed by atoms with Crippen LogP contribution in [0, 0.1) is 0 Å². The van der Waals surface area contributed by atoms with Crippen molar-refractivity contribution in [3.63, 3.8) is 0 Å². The van der Waals surface area contributed by atoms with Gasteiger partial charge in [-0.1, -0.05) is 11.6 Å². The smallest absolute Gasteiger partial charge is 0.244 e. The van der Waals surface area contributed by atoms with E-state index in [4.69, 9.17) is 26.2 Å². The zero-order chi connectivity index (χ0) is 14.5. The van der Waals surface area contributed by atoms with Crippen molar-refractivity contribution in [1.29, 1.82) is 0 Å². The maximum Gasteiger partial charge on any atom is 0.244 e. The van der Waals surface area contributed by atoms with Crippen LogP contribution in [0.15, 0.2) is 18.2 Å². The molecule has 0 saturated heterocycles. The zero-order valence-corrected chi connectivity index (χ0v) is 11.8. The normalized spacial score (nSPS) is 15.2. The second kappa shape index (κ2) is 6.63. The number of aliphatic hydroxyl groups is 1. The molecule has 1 aliphatic heterocycles. The third-order valence-corrected chi connectivity index (χ3v) is 2.90. The molecule has 0 aliphatic carbocycles. The van der Waals surface area contributed by atoms with Crippen molar-refractivity contribution in [2.45, 2.75) is 13.0 Å². The molecule has 20 heavy (non-hydrogen) atoms. The van der Waals surface area contributed by atoms with E-state index in [2.05, 4.69) is 5.32 Å². The predicted octanol–water partition coefficient (Wildman–Crippen LogP) is 1.62. The largest absolute Gasteiger partial charge is 0.486 e. The van der Waals surface area contributed by atoms with Crippen LogP contribution in [-0.2, 0) is 4.79 Å². The lowest BCUT2D eigenvalue weighted by Gasteiger charge is -2.19. The molecule has 1 heterocycles. The molecular formula is C14H16ClNO4. The Morgan fingerprint density at radius 2 is 2.25 bits per heavy atom. The lowest BCUT2D eigenvalue weighted by atomic mass is 10.1. The van der Waals surface area contributed by atoms with E-state index in [1.807, 2.05) is 0 Å². The highest BCUT2D eigenvalue weighted by Gasteiger charge is 2.15. The number of hydrogen-bond acceptors (Lipinski definition) is 4. The molecule has 108 valence electrons. The zero-order valence-electron chi connectivity index (χ0n) is 11.1. The molecule has 0 radical (unpaired) electrons. The summed E-state index contributed by atoms with van der Waals surface area (Å²) in [7, 11) is 0. The van der Waals surface area contributed by atoms with E-state index in [1.165, 1.54) is 6.08 Å². The molecule has 1 unspecified atom stereocenters. The number of rotatable bonds is 4. The number of nitrogens with one attached hydrogen (secondary N) is 1. The first-order valence-corrected chi connectivity index (χ1v) is 6.67. The van der Waals surface area contributed by atoms with Gasteiger partial charge >= 0.3 is 0 Å². The molecule has 1 amide bonds. The maximum atomic E-state index is 11.5. The monoisotopic (exact) mass is 297 g/mol. The standard InChI is InChI=1S/C14H16ClNO4/c1-9(17)8-16-13(18)3-2-10-6-11(15)14-12(7-10)19-4-5-20-14/h2-3,6-7,9,17H,4-5,8H2,1H3,(H,16,18)/b3-2+. The minimum absolute atomic E-state index is 0.213. The highest BCUT2D eigenvalue weighted by molar-refractivity contribution is 6.32. The summed E-state index contributed by atoms with van der Waals surface area (Å²) in [5.74, 6) is 0.832. The van der Waals surface area contributed by atoms with E-state index in [9.17, 15) is 4.79 Å². The van der Waals surface area contributed by atoms with E-state index < -0.39 is 6.10 Å². The van der Waals surface area contributed by atoms with E-state index in [0.717, 1.165) is 5.56 Å². The number of halogens is 1. The molecule has 1 aliphatic rings. The van der Waals surface area contributed by atoms with Gasteiger partial charge in [-0.15, -0.1) is 0 Å². The highest BCUT2D eigenvalue weighted by Crippen LogP contribution is 2.38. The minimum Gasteiger partial charge on any atom is -0.486 e. The van der Waals surface area contributed by atoms with E-state index in [-0.39, 0.29) is 12.5 Å². The van der Waals surface area contributed by atoms with Crippen LogP contribution in [0.4, 0.5) is 0 Å². The molecule has 1 aromatic carbocycles. The molecule has 0 spiro atoms. The molecule has 1 aromatic rings. The quantitative estimate of drug-likeness (QED) is 0.829. The molecule has 6 heteroatoms. The van der Waals surface area contributed by atoms with Gasteiger partial charge in [0.15, 0.2) is 11.5 Å². The van der Waals surface area contributed by atoms with Gasteiger partial charge in [0.2, 0.25) is 5.91 Å². The Hall–Kier alpha value is -1.72. The van der Waals surface area contributed by atoms with Crippen molar-refractivity contribution >= 4 is 23.6 Å². The summed E-state index contributed by atoms with van der Waals surface area (Å²) in [4.78, 5) is 11.5. The third-order valence-electron chi connectivity index (χ3n) is 2.62. The Bertz CT molecular complexity index is 528. The first-order chi connectivity index (χ1) is 9.56. The summed E-state index contributed by atoms with van der Waals surface area (Å²) in [5.41, 5.74) is 0.742. The molecule has 2 N–H and O–H groups in total. The topological polar surface area (TPSA) is 67.8 Å². The van der Waals surface area contributed by atoms with Crippen molar-refractivity contribution < 1.29 is 19.4 Å². The summed E-state index contributed by atoms with van der Waals surface area (Å²) >= 11 is 6.09. The molecule has 0 saturated carbocycles. The van der Waals surface area contributed by atoms with E-state index in [0.29, 0.717) is 29.7 Å². The average molecular weight is 298 g/mol. The molecule has 1 atom stereocenters. The van der Waals surface area contributed by atoms with Crippen molar-refractivity contribution in [2.24, 2.45) is 0 Å². The first-order valence-electron chi connectivity index (χ1n) is 6.29. The average Bonchev–Trinajstić information content (AvgIpc) is 2.43. The van der Waals surface area contributed by atoms with Crippen LogP contribution < -0.4 is 14.8 Å². The summed E-state index contributed by atoms with van der Waals surface area (Å²) in [6.07, 6.45) is 2.43. The van der Waals surface area contributed by atoms with Crippen molar-refractivity contribution in [3.05, 3.63) is 28.8 Å². The van der Waals surface area contributed by atoms with Crippen LogP contribution in [0.3, 0.4) is 0 Å². The number of fused-ring (bicyclic) bond motifs is 1. The predicted molar refractivity (Wildman–Crippen MR) is 76.2 cm³/mol. The first kappa shape index (κ1) is 14.7. The highest BCUT2D eigenvalue weighted by atomic mass is 35.5. The molecule has 0 fully saturated rings. The number of ether oxygens (including phenoxy) is 2. The van der Waals surface area contributed by atoms with Crippen LogP contribution >= 0.6 is 11.6 Å². The van der Waals surface area contributed by atoms with Gasteiger partial charge in [-0.2, -0.15) is 0 Å². The van der Waals surface area contributed by atoms with E-state index >= 15 is 0 Å². The SMILES string of the molecule is CC(O)CNC(=O)/C=C/c1cc(Cl)c2c(c1)OCCO2. The van der Waals surface area contributed by atoms with Gasteiger partial charge in [0.25, 0.3) is 0 Å². The van der Waals surface area contributed by atoms with Gasteiger partial charge in [-0.25, -0.2) is 0 Å². The van der Waals surface area contributed by atoms with Gasteiger partial charge in [-0.3, -0.25) is 4.79 Å². The van der Waals surface area contributed by atoms with Gasteiger partial charge in [-0.05, 0) is 30.7 Å². The molecular weight excluding hydrogens is 282 g/mol. The number of carbonyl (C=O) groups is 1. The Balaban J connectivity index is 2.06. The number of benzene rings is 1.